The Hall–Kier alpha value is -3.21. The van der Waals surface area contributed by atoms with Crippen molar-refractivity contribution < 1.29 is 27.5 Å². The molecule has 2 aromatic carbocycles. The summed E-state index contributed by atoms with van der Waals surface area (Å²) in [4.78, 5) is 24.7. The van der Waals surface area contributed by atoms with Gasteiger partial charge in [-0.1, -0.05) is 53.4 Å². The molecule has 0 fully saturated rings. The van der Waals surface area contributed by atoms with Gasteiger partial charge in [0.25, 0.3) is 5.91 Å². The van der Waals surface area contributed by atoms with Crippen molar-refractivity contribution in [2.24, 2.45) is 0 Å². The van der Waals surface area contributed by atoms with Gasteiger partial charge in [-0.25, -0.2) is 0 Å². The number of halogens is 5. The van der Waals surface area contributed by atoms with Crippen LogP contribution in [0.25, 0.3) is 0 Å². The third kappa shape index (κ3) is 7.80. The summed E-state index contributed by atoms with van der Waals surface area (Å²) in [5.74, 6) is 0.0108. The van der Waals surface area contributed by atoms with E-state index in [0.29, 0.717) is 16.7 Å². The average Bonchev–Trinajstić information content (AvgIpc) is 2.73. The number of terminal acetylenes is 1. The van der Waals surface area contributed by atoms with E-state index in [9.17, 15) is 22.8 Å². The number of hydrogen-bond acceptors (Lipinski definition) is 3. The van der Waals surface area contributed by atoms with Gasteiger partial charge in [0.05, 0.1) is 22.7 Å². The third-order valence-corrected chi connectivity index (χ3v) is 4.56. The van der Waals surface area contributed by atoms with Crippen molar-refractivity contribution in [3.05, 3.63) is 87.4 Å². The van der Waals surface area contributed by atoms with Crippen molar-refractivity contribution in [3.8, 4) is 12.3 Å². The summed E-state index contributed by atoms with van der Waals surface area (Å²) in [6.45, 7) is -0.588. The molecule has 2 aromatic rings. The molecule has 166 valence electrons. The van der Waals surface area contributed by atoms with Crippen LogP contribution < -0.4 is 5.32 Å². The molecule has 0 unspecified atom stereocenters. The zero-order valence-electron chi connectivity index (χ0n) is 16.4. The van der Waals surface area contributed by atoms with Crippen molar-refractivity contribution >= 4 is 40.8 Å². The fourth-order valence-electron chi connectivity index (χ4n) is 2.34. The van der Waals surface area contributed by atoms with Crippen molar-refractivity contribution in [2.75, 3.05) is 11.9 Å². The fourth-order valence-corrected chi connectivity index (χ4v) is 2.65. The molecule has 2 rings (SSSR count). The molecule has 4 nitrogen and oxygen atoms in total. The van der Waals surface area contributed by atoms with Crippen molar-refractivity contribution in [1.29, 1.82) is 0 Å². The SMILES string of the molecule is C#C/C(=C\C=C(/COC(=O)Cc1ccc(Cl)cc1)C(=O)Nc1ccccc1Cl)C(F)(F)F. The van der Waals surface area contributed by atoms with Crippen LogP contribution in [0.2, 0.25) is 10.0 Å². The lowest BCUT2D eigenvalue weighted by Crippen LogP contribution is -2.20. The number of allylic oxidation sites excluding steroid dienone is 3. The Morgan fingerprint density at radius 2 is 1.72 bits per heavy atom. The molecule has 1 amide bonds. The lowest BCUT2D eigenvalue weighted by atomic mass is 10.1. The maximum atomic E-state index is 12.9. The zero-order chi connectivity index (χ0) is 23.7. The number of carbonyl (C=O) groups excluding carboxylic acids is 2. The number of esters is 1. The maximum Gasteiger partial charge on any atom is 0.424 e. The molecule has 0 aromatic heterocycles. The normalized spacial score (nSPS) is 12.1. The van der Waals surface area contributed by atoms with Crippen molar-refractivity contribution in [2.45, 2.75) is 12.6 Å². The largest absolute Gasteiger partial charge is 0.460 e. The van der Waals surface area contributed by atoms with Gasteiger partial charge in [0.1, 0.15) is 12.2 Å². The van der Waals surface area contributed by atoms with E-state index in [-0.39, 0.29) is 22.7 Å². The molecular weight excluding hydrogens is 466 g/mol. The highest BCUT2D eigenvalue weighted by molar-refractivity contribution is 6.33. The van der Waals surface area contributed by atoms with E-state index >= 15 is 0 Å². The highest BCUT2D eigenvalue weighted by atomic mass is 35.5. The Morgan fingerprint density at radius 1 is 1.06 bits per heavy atom. The van der Waals surface area contributed by atoms with E-state index in [1.54, 1.807) is 36.4 Å². The Bertz CT molecular complexity index is 1080. The lowest BCUT2D eigenvalue weighted by Gasteiger charge is -2.11. The van der Waals surface area contributed by atoms with Gasteiger partial charge in [0.2, 0.25) is 0 Å². The minimum Gasteiger partial charge on any atom is -0.460 e. The van der Waals surface area contributed by atoms with E-state index in [1.165, 1.54) is 18.1 Å². The number of rotatable bonds is 7. The van der Waals surface area contributed by atoms with Crippen LogP contribution in [0.1, 0.15) is 5.56 Å². The Labute approximate surface area is 192 Å². The second kappa shape index (κ2) is 11.4. The van der Waals surface area contributed by atoms with E-state index < -0.39 is 30.2 Å². The molecule has 0 spiro atoms. The van der Waals surface area contributed by atoms with Crippen LogP contribution in [-0.4, -0.2) is 24.7 Å². The summed E-state index contributed by atoms with van der Waals surface area (Å²) in [6.07, 6.45) is 1.42. The number of carbonyl (C=O) groups is 2. The summed E-state index contributed by atoms with van der Waals surface area (Å²) in [7, 11) is 0. The van der Waals surface area contributed by atoms with Crippen LogP contribution in [0.5, 0.6) is 0 Å². The lowest BCUT2D eigenvalue weighted by molar-refractivity contribution is -0.142. The molecule has 0 bridgehead atoms. The molecule has 0 radical (unpaired) electrons. The number of alkyl halides is 3. The van der Waals surface area contributed by atoms with Crippen molar-refractivity contribution in [3.63, 3.8) is 0 Å². The molecule has 0 saturated heterocycles. The molecule has 0 heterocycles. The first kappa shape index (κ1) is 25.1. The molecule has 9 heteroatoms. The number of benzene rings is 2. The molecular formula is C23H16Cl2F3NO3. The minimum atomic E-state index is -4.78. The third-order valence-electron chi connectivity index (χ3n) is 3.98. The van der Waals surface area contributed by atoms with Crippen LogP contribution >= 0.6 is 23.2 Å². The molecule has 1 N–H and O–H groups in total. The second-order valence-electron chi connectivity index (χ2n) is 6.31. The highest BCUT2D eigenvalue weighted by Crippen LogP contribution is 2.25. The van der Waals surface area contributed by atoms with Gasteiger partial charge < -0.3 is 10.1 Å². The van der Waals surface area contributed by atoms with Gasteiger partial charge in [0, 0.05) is 5.02 Å². The van der Waals surface area contributed by atoms with Gasteiger partial charge in [-0.2, -0.15) is 13.2 Å². The van der Waals surface area contributed by atoms with E-state index in [1.807, 2.05) is 0 Å². The van der Waals surface area contributed by atoms with E-state index in [4.69, 9.17) is 34.4 Å². The standard InChI is InChI=1S/C23H16Cl2F3NO3/c1-2-17(23(26,27)28)10-9-16(22(31)29-20-6-4-3-5-19(20)25)14-32-21(30)13-15-7-11-18(24)12-8-15/h1,3-12H,13-14H2,(H,29,31)/b16-9+,17-10+. The predicted octanol–water partition coefficient (Wildman–Crippen LogP) is 5.77. The number of para-hydroxylation sites is 1. The average molecular weight is 482 g/mol. The highest BCUT2D eigenvalue weighted by Gasteiger charge is 2.32. The fraction of sp³-hybridized carbons (Fsp3) is 0.130. The van der Waals surface area contributed by atoms with Gasteiger partial charge >= 0.3 is 12.1 Å². The van der Waals surface area contributed by atoms with Crippen molar-refractivity contribution in [1.82, 2.24) is 0 Å². The van der Waals surface area contributed by atoms with Gasteiger partial charge in [-0.3, -0.25) is 9.59 Å². The van der Waals surface area contributed by atoms with Gasteiger partial charge in [-0.05, 0) is 42.0 Å². The van der Waals surface area contributed by atoms with Crippen LogP contribution in [-0.2, 0) is 20.7 Å². The topological polar surface area (TPSA) is 55.4 Å². The summed E-state index contributed by atoms with van der Waals surface area (Å²) in [5.41, 5.74) is -0.731. The van der Waals surface area contributed by atoms with Gasteiger partial charge in [-0.15, -0.1) is 6.42 Å². The predicted molar refractivity (Wildman–Crippen MR) is 117 cm³/mol. The number of hydrogen-bond donors (Lipinski definition) is 1. The molecule has 0 aliphatic heterocycles. The van der Waals surface area contributed by atoms with E-state index in [0.717, 1.165) is 6.08 Å². The number of anilines is 1. The zero-order valence-corrected chi connectivity index (χ0v) is 17.9. The summed E-state index contributed by atoms with van der Waals surface area (Å²) >= 11 is 11.8. The number of amides is 1. The van der Waals surface area contributed by atoms with Crippen LogP contribution in [0.3, 0.4) is 0 Å². The summed E-state index contributed by atoms with van der Waals surface area (Å²) in [5, 5.41) is 3.17. The molecule has 0 saturated carbocycles. The van der Waals surface area contributed by atoms with Gasteiger partial charge in [0.15, 0.2) is 0 Å². The molecule has 32 heavy (non-hydrogen) atoms. The molecule has 0 aliphatic rings. The Morgan fingerprint density at radius 3 is 2.31 bits per heavy atom. The number of nitrogens with one attached hydrogen (secondary N) is 1. The molecule has 0 atom stereocenters. The quantitative estimate of drug-likeness (QED) is 0.236. The first-order valence-electron chi connectivity index (χ1n) is 9.00. The smallest absolute Gasteiger partial charge is 0.424 e. The van der Waals surface area contributed by atoms with Crippen LogP contribution in [0, 0.1) is 12.3 Å². The monoisotopic (exact) mass is 481 g/mol. The number of ether oxygens (including phenoxy) is 1. The van der Waals surface area contributed by atoms with Crippen LogP contribution in [0.4, 0.5) is 18.9 Å². The first-order chi connectivity index (χ1) is 15.1. The Balaban J connectivity index is 2.20. The van der Waals surface area contributed by atoms with E-state index in [2.05, 4.69) is 5.32 Å². The first-order valence-corrected chi connectivity index (χ1v) is 9.76. The maximum absolute atomic E-state index is 12.9. The summed E-state index contributed by atoms with van der Waals surface area (Å²) in [6, 6.07) is 12.7. The minimum absolute atomic E-state index is 0.120. The Kier molecular flexibility index (Phi) is 8.94. The molecule has 0 aliphatic carbocycles. The summed E-state index contributed by atoms with van der Waals surface area (Å²) < 4.78 is 43.8. The second-order valence-corrected chi connectivity index (χ2v) is 7.16. The van der Waals surface area contributed by atoms with Crippen LogP contribution in [0.15, 0.2) is 71.8 Å².